The smallest absolute Gasteiger partial charge is 0.131 e. The summed E-state index contributed by atoms with van der Waals surface area (Å²) in [6.07, 6.45) is 0.506. The van der Waals surface area contributed by atoms with E-state index in [1.54, 1.807) is 0 Å². The van der Waals surface area contributed by atoms with Gasteiger partial charge in [0.2, 0.25) is 0 Å². The summed E-state index contributed by atoms with van der Waals surface area (Å²) in [6, 6.07) is 4.27. The van der Waals surface area contributed by atoms with Gasteiger partial charge in [-0.25, -0.2) is 9.44 Å². The van der Waals surface area contributed by atoms with Crippen molar-refractivity contribution < 1.29 is 4.74 Å². The van der Waals surface area contributed by atoms with Gasteiger partial charge in [0.25, 0.3) is 0 Å². The van der Waals surface area contributed by atoms with Crippen LogP contribution in [0.4, 0.5) is 5.82 Å². The topological polar surface area (TPSA) is 56.1 Å². The monoisotopic (exact) mass is 507 g/mol. The van der Waals surface area contributed by atoms with Gasteiger partial charge in [-0.05, 0) is 53.5 Å². The molecular formula is C15H16ClIN5OPS. The average Bonchev–Trinajstić information content (AvgIpc) is 3.18. The summed E-state index contributed by atoms with van der Waals surface area (Å²) >= 11 is 10.3. The van der Waals surface area contributed by atoms with Crippen LogP contribution in [0.3, 0.4) is 0 Å². The van der Waals surface area contributed by atoms with E-state index < -0.39 is 0 Å². The SMILES string of the molecule is Cc1cc(-c2nsc3c(Cl)cc(N4CCOC[C@H]4C)nc23)n(PI)n1. The second-order valence-electron chi connectivity index (χ2n) is 5.96. The molecule has 1 aliphatic heterocycles. The van der Waals surface area contributed by atoms with E-state index in [2.05, 4.69) is 49.4 Å². The van der Waals surface area contributed by atoms with Crippen molar-refractivity contribution in [2.24, 2.45) is 0 Å². The van der Waals surface area contributed by atoms with Crippen LogP contribution in [0.25, 0.3) is 21.6 Å². The van der Waals surface area contributed by atoms with Crippen molar-refractivity contribution in [1.29, 1.82) is 0 Å². The highest BCUT2D eigenvalue weighted by Gasteiger charge is 2.24. The second-order valence-corrected chi connectivity index (χ2v) is 9.18. The lowest BCUT2D eigenvalue weighted by atomic mass is 10.2. The Bertz CT molecular complexity index is 932. The van der Waals surface area contributed by atoms with Crippen LogP contribution < -0.4 is 4.90 Å². The maximum atomic E-state index is 6.56. The third kappa shape index (κ3) is 3.27. The van der Waals surface area contributed by atoms with E-state index in [0.717, 1.165) is 39.7 Å². The zero-order chi connectivity index (χ0) is 17.6. The molecule has 10 heteroatoms. The summed E-state index contributed by atoms with van der Waals surface area (Å²) in [5, 5.41) is 5.23. The van der Waals surface area contributed by atoms with Gasteiger partial charge in [-0.2, -0.15) is 9.47 Å². The minimum atomic E-state index is 0.272. The summed E-state index contributed by atoms with van der Waals surface area (Å²) in [7, 11) is 0. The number of pyridine rings is 1. The maximum absolute atomic E-state index is 6.56. The average molecular weight is 508 g/mol. The molecule has 2 atom stereocenters. The number of ether oxygens (including phenoxy) is 1. The van der Waals surface area contributed by atoms with Crippen LogP contribution in [0.5, 0.6) is 0 Å². The van der Waals surface area contributed by atoms with Gasteiger partial charge in [-0.15, -0.1) is 0 Å². The molecule has 0 aromatic carbocycles. The highest BCUT2D eigenvalue weighted by atomic mass is 127. The summed E-state index contributed by atoms with van der Waals surface area (Å²) in [5.41, 5.74) is 3.67. The van der Waals surface area contributed by atoms with Gasteiger partial charge in [-0.1, -0.05) is 11.6 Å². The van der Waals surface area contributed by atoms with E-state index in [0.29, 0.717) is 24.6 Å². The fourth-order valence-corrected chi connectivity index (χ4v) is 5.58. The molecule has 1 fully saturated rings. The number of hydrogen-bond acceptors (Lipinski definition) is 6. The van der Waals surface area contributed by atoms with Gasteiger partial charge in [-0.3, -0.25) is 0 Å². The molecule has 1 saturated heterocycles. The fraction of sp³-hybridized carbons (Fsp3) is 0.400. The van der Waals surface area contributed by atoms with Crippen LogP contribution in [-0.4, -0.2) is 44.7 Å². The van der Waals surface area contributed by atoms with Crippen LogP contribution in [0.1, 0.15) is 12.6 Å². The highest BCUT2D eigenvalue weighted by Crippen LogP contribution is 2.39. The lowest BCUT2D eigenvalue weighted by Gasteiger charge is -2.34. The van der Waals surface area contributed by atoms with Crippen LogP contribution in [0.2, 0.25) is 5.02 Å². The third-order valence-electron chi connectivity index (χ3n) is 4.18. The normalized spacial score (nSPS) is 18.7. The first-order valence-electron chi connectivity index (χ1n) is 7.82. The molecule has 6 nitrogen and oxygen atoms in total. The Hall–Kier alpha value is -0.540. The van der Waals surface area contributed by atoms with Gasteiger partial charge in [0.15, 0.2) is 0 Å². The summed E-state index contributed by atoms with van der Waals surface area (Å²) < 4.78 is 13.1. The Kier molecular flexibility index (Phi) is 5.16. The van der Waals surface area contributed by atoms with Gasteiger partial charge >= 0.3 is 0 Å². The molecule has 3 aromatic rings. The molecule has 1 unspecified atom stereocenters. The van der Waals surface area contributed by atoms with Crippen molar-refractivity contribution in [2.45, 2.75) is 19.9 Å². The zero-order valence-corrected chi connectivity index (χ0v) is 18.4. The molecule has 0 bridgehead atoms. The first-order chi connectivity index (χ1) is 12.1. The number of hydrogen-bond donors (Lipinski definition) is 0. The van der Waals surface area contributed by atoms with Crippen LogP contribution in [-0.2, 0) is 4.74 Å². The Morgan fingerprint density at radius 3 is 3.04 bits per heavy atom. The van der Waals surface area contributed by atoms with E-state index in [9.17, 15) is 0 Å². The van der Waals surface area contributed by atoms with Crippen LogP contribution in [0, 0.1) is 6.92 Å². The number of aryl methyl sites for hydroxylation is 1. The lowest BCUT2D eigenvalue weighted by Crippen LogP contribution is -2.44. The van der Waals surface area contributed by atoms with Gasteiger partial charge < -0.3 is 9.64 Å². The molecule has 25 heavy (non-hydrogen) atoms. The van der Waals surface area contributed by atoms with Crippen molar-refractivity contribution in [1.82, 2.24) is 18.9 Å². The zero-order valence-electron chi connectivity index (χ0n) is 13.7. The van der Waals surface area contributed by atoms with Gasteiger partial charge in [0, 0.05) is 12.6 Å². The largest absolute Gasteiger partial charge is 0.377 e. The van der Waals surface area contributed by atoms with E-state index in [1.807, 2.05) is 17.4 Å². The standard InChI is InChI=1S/C15H16ClIN5OPS/c1-8-5-11(22(19-8)24-17)13-14-15(25-20-13)10(16)6-12(18-14)21-3-4-23-7-9(21)2/h5-6,9,24H,3-4,7H2,1-2H3/t9-/m1/s1. The van der Waals surface area contributed by atoms with Crippen molar-refractivity contribution in [3.63, 3.8) is 0 Å². The molecule has 0 saturated carbocycles. The predicted molar refractivity (Wildman–Crippen MR) is 114 cm³/mol. The van der Waals surface area contributed by atoms with E-state index >= 15 is 0 Å². The molecule has 4 rings (SSSR count). The van der Waals surface area contributed by atoms with Gasteiger partial charge in [0.1, 0.15) is 17.0 Å². The van der Waals surface area contributed by atoms with Crippen LogP contribution in [0.15, 0.2) is 12.1 Å². The number of aromatic nitrogens is 4. The predicted octanol–water partition coefficient (Wildman–Crippen LogP) is 4.53. The first kappa shape index (κ1) is 17.9. The minimum Gasteiger partial charge on any atom is -0.377 e. The molecule has 3 aromatic heterocycles. The quantitative estimate of drug-likeness (QED) is 0.385. The minimum absolute atomic E-state index is 0.272. The van der Waals surface area contributed by atoms with Crippen molar-refractivity contribution >= 4 is 67.6 Å². The number of fused-ring (bicyclic) bond motifs is 1. The Balaban J connectivity index is 1.87. The molecule has 0 amide bonds. The number of anilines is 1. The summed E-state index contributed by atoms with van der Waals surface area (Å²) in [6.45, 7) is 6.36. The molecule has 0 spiro atoms. The molecular weight excluding hydrogens is 492 g/mol. The molecule has 4 heterocycles. The van der Waals surface area contributed by atoms with E-state index in [1.165, 1.54) is 11.5 Å². The lowest BCUT2D eigenvalue weighted by molar-refractivity contribution is 0.0986. The number of rotatable bonds is 3. The molecule has 1 aliphatic rings. The highest BCUT2D eigenvalue weighted by molar-refractivity contribution is 14.2. The first-order valence-corrected chi connectivity index (χ1v) is 13.0. The molecule has 0 radical (unpaired) electrons. The third-order valence-corrected chi connectivity index (χ3v) is 7.33. The van der Waals surface area contributed by atoms with Gasteiger partial charge in [0.05, 0.1) is 46.7 Å². The van der Waals surface area contributed by atoms with Crippen molar-refractivity contribution in [3.8, 4) is 11.4 Å². The summed E-state index contributed by atoms with van der Waals surface area (Å²) in [5.74, 6) is 0.884. The Morgan fingerprint density at radius 1 is 1.44 bits per heavy atom. The molecule has 0 N–H and O–H groups in total. The summed E-state index contributed by atoms with van der Waals surface area (Å²) in [4.78, 5) is 7.17. The molecule has 0 aliphatic carbocycles. The fourth-order valence-electron chi connectivity index (χ4n) is 2.99. The second kappa shape index (κ2) is 7.23. The number of halogens is 2. The van der Waals surface area contributed by atoms with Crippen molar-refractivity contribution in [3.05, 3.63) is 22.8 Å². The number of morpholine rings is 1. The Labute approximate surface area is 169 Å². The van der Waals surface area contributed by atoms with Crippen LogP contribution >= 0.6 is 51.5 Å². The Morgan fingerprint density at radius 2 is 2.28 bits per heavy atom. The van der Waals surface area contributed by atoms with E-state index in [4.69, 9.17) is 21.3 Å². The maximum Gasteiger partial charge on any atom is 0.131 e. The van der Waals surface area contributed by atoms with E-state index in [-0.39, 0.29) is 6.04 Å². The number of nitrogens with zero attached hydrogens (tertiary/aromatic N) is 5. The molecule has 132 valence electrons. The van der Waals surface area contributed by atoms with Crippen molar-refractivity contribution in [2.75, 3.05) is 24.7 Å².